The minimum atomic E-state index is -0.435. The number of nitrogens with zero attached hydrogens (tertiary/aromatic N) is 2. The van der Waals surface area contributed by atoms with E-state index in [4.69, 9.17) is 14.2 Å². The molecule has 118 valence electrons. The maximum Gasteiger partial charge on any atom is 0.311 e. The Morgan fingerprint density at radius 2 is 2.14 bits per heavy atom. The molecular weight excluding hydrogens is 288 g/mol. The van der Waals surface area contributed by atoms with Crippen LogP contribution in [0.2, 0.25) is 0 Å². The number of rotatable bonds is 5. The third-order valence-electron chi connectivity index (χ3n) is 3.71. The van der Waals surface area contributed by atoms with Crippen LogP contribution < -0.4 is 9.47 Å². The maximum atomic E-state index is 11.0. The zero-order valence-corrected chi connectivity index (χ0v) is 12.2. The van der Waals surface area contributed by atoms with Crippen LogP contribution in [-0.2, 0) is 4.74 Å². The van der Waals surface area contributed by atoms with Crippen molar-refractivity contribution in [1.29, 1.82) is 0 Å². The van der Waals surface area contributed by atoms with Crippen molar-refractivity contribution in [2.45, 2.75) is 0 Å². The number of benzene rings is 1. The summed E-state index contributed by atoms with van der Waals surface area (Å²) >= 11 is 0. The Bertz CT molecular complexity index is 582. The van der Waals surface area contributed by atoms with Gasteiger partial charge >= 0.3 is 5.69 Å². The fourth-order valence-electron chi connectivity index (χ4n) is 2.56. The van der Waals surface area contributed by atoms with Crippen molar-refractivity contribution in [3.8, 4) is 11.5 Å². The van der Waals surface area contributed by atoms with Crippen LogP contribution in [0.1, 0.15) is 5.56 Å². The predicted octanol–water partition coefficient (Wildman–Crippen LogP) is 1.71. The van der Waals surface area contributed by atoms with Crippen molar-refractivity contribution in [2.24, 2.45) is 0 Å². The van der Waals surface area contributed by atoms with Gasteiger partial charge in [0.15, 0.2) is 0 Å². The third-order valence-corrected chi connectivity index (χ3v) is 3.71. The summed E-state index contributed by atoms with van der Waals surface area (Å²) < 4.78 is 16.5. The average Bonchev–Trinajstić information content (AvgIpc) is 2.55. The van der Waals surface area contributed by atoms with Crippen molar-refractivity contribution in [2.75, 3.05) is 46.1 Å². The highest BCUT2D eigenvalue weighted by molar-refractivity contribution is 5.72. The van der Waals surface area contributed by atoms with Crippen molar-refractivity contribution >= 4 is 11.8 Å². The lowest BCUT2D eigenvalue weighted by atomic mass is 10.1. The van der Waals surface area contributed by atoms with E-state index in [-0.39, 0.29) is 11.4 Å². The lowest BCUT2D eigenvalue weighted by molar-refractivity contribution is -0.385. The van der Waals surface area contributed by atoms with Gasteiger partial charge in [-0.2, -0.15) is 0 Å². The Morgan fingerprint density at radius 3 is 2.91 bits per heavy atom. The molecule has 2 aliphatic heterocycles. The normalized spacial score (nSPS) is 17.6. The minimum absolute atomic E-state index is 0.0279. The minimum Gasteiger partial charge on any atom is -0.491 e. The van der Waals surface area contributed by atoms with Crippen molar-refractivity contribution in [1.82, 2.24) is 4.90 Å². The Morgan fingerprint density at radius 1 is 1.32 bits per heavy atom. The maximum absolute atomic E-state index is 11.0. The SMILES string of the molecule is O=[N+]([O-])c1ccc(OCCN2CCOCC2)c2c1OCC=C2. The molecule has 0 atom stereocenters. The molecule has 0 N–H and O–H groups in total. The first-order chi connectivity index (χ1) is 10.8. The average molecular weight is 306 g/mol. The predicted molar refractivity (Wildman–Crippen MR) is 80.4 cm³/mol. The quantitative estimate of drug-likeness (QED) is 0.609. The molecule has 7 heteroatoms. The molecular formula is C15H18N2O5. The van der Waals surface area contributed by atoms with E-state index < -0.39 is 4.92 Å². The first-order valence-electron chi connectivity index (χ1n) is 7.29. The molecule has 0 aromatic heterocycles. The number of hydrogen-bond acceptors (Lipinski definition) is 6. The van der Waals surface area contributed by atoms with E-state index in [9.17, 15) is 10.1 Å². The Balaban J connectivity index is 1.69. The van der Waals surface area contributed by atoms with Crippen LogP contribution >= 0.6 is 0 Å². The van der Waals surface area contributed by atoms with E-state index in [0.29, 0.717) is 24.5 Å². The molecule has 1 fully saturated rings. The van der Waals surface area contributed by atoms with E-state index in [1.165, 1.54) is 6.07 Å². The standard InChI is InChI=1S/C15H18N2O5/c18-17(19)13-3-4-14(12-2-1-8-22-15(12)13)21-11-7-16-5-9-20-10-6-16/h1-4H,5-11H2. The zero-order chi connectivity index (χ0) is 15.4. The molecule has 7 nitrogen and oxygen atoms in total. The van der Waals surface area contributed by atoms with Gasteiger partial charge in [0, 0.05) is 25.7 Å². The molecule has 0 bridgehead atoms. The molecule has 1 saturated heterocycles. The van der Waals surface area contributed by atoms with Crippen molar-refractivity contribution in [3.63, 3.8) is 0 Å². The number of ether oxygens (including phenoxy) is 3. The van der Waals surface area contributed by atoms with Gasteiger partial charge in [0.2, 0.25) is 5.75 Å². The molecule has 3 rings (SSSR count). The summed E-state index contributed by atoms with van der Waals surface area (Å²) in [4.78, 5) is 12.9. The van der Waals surface area contributed by atoms with Crippen molar-refractivity contribution < 1.29 is 19.1 Å². The fraction of sp³-hybridized carbons (Fsp3) is 0.467. The molecule has 0 spiro atoms. The molecule has 1 aromatic rings. The molecule has 1 aromatic carbocycles. The van der Waals surface area contributed by atoms with Gasteiger partial charge in [-0.3, -0.25) is 15.0 Å². The second kappa shape index (κ2) is 6.76. The molecule has 2 heterocycles. The molecule has 0 saturated carbocycles. The summed E-state index contributed by atoms with van der Waals surface area (Å²) in [7, 11) is 0. The summed E-state index contributed by atoms with van der Waals surface area (Å²) in [6, 6.07) is 3.07. The largest absolute Gasteiger partial charge is 0.491 e. The number of nitro benzene ring substituents is 1. The van der Waals surface area contributed by atoms with E-state index in [1.54, 1.807) is 6.07 Å². The first kappa shape index (κ1) is 14.8. The Hall–Kier alpha value is -2.12. The van der Waals surface area contributed by atoms with Gasteiger partial charge in [0.1, 0.15) is 19.0 Å². The van der Waals surface area contributed by atoms with E-state index in [1.807, 2.05) is 12.2 Å². The fourth-order valence-corrected chi connectivity index (χ4v) is 2.56. The van der Waals surface area contributed by atoms with Crippen LogP contribution in [0.25, 0.3) is 6.08 Å². The summed E-state index contributed by atoms with van der Waals surface area (Å²) in [5, 5.41) is 11.0. The molecule has 2 aliphatic rings. The summed E-state index contributed by atoms with van der Waals surface area (Å²) in [6.45, 7) is 4.99. The highest BCUT2D eigenvalue weighted by Gasteiger charge is 2.23. The third kappa shape index (κ3) is 3.20. The second-order valence-electron chi connectivity index (χ2n) is 5.10. The van der Waals surface area contributed by atoms with Crippen LogP contribution in [-0.4, -0.2) is 55.9 Å². The molecule has 0 unspecified atom stereocenters. The summed E-state index contributed by atoms with van der Waals surface area (Å²) in [6.07, 6.45) is 3.64. The lowest BCUT2D eigenvalue weighted by Gasteiger charge is -2.26. The van der Waals surface area contributed by atoms with Gasteiger partial charge in [-0.15, -0.1) is 0 Å². The number of nitro groups is 1. The van der Waals surface area contributed by atoms with Gasteiger partial charge in [-0.05, 0) is 18.2 Å². The van der Waals surface area contributed by atoms with Crippen LogP contribution in [0.15, 0.2) is 18.2 Å². The van der Waals surface area contributed by atoms with Gasteiger partial charge in [-0.25, -0.2) is 0 Å². The number of morpholine rings is 1. The summed E-state index contributed by atoms with van der Waals surface area (Å²) in [5.41, 5.74) is 0.613. The van der Waals surface area contributed by atoms with Crippen LogP contribution in [0.5, 0.6) is 11.5 Å². The van der Waals surface area contributed by atoms with Crippen LogP contribution in [0, 0.1) is 10.1 Å². The molecule has 0 aliphatic carbocycles. The second-order valence-corrected chi connectivity index (χ2v) is 5.10. The van der Waals surface area contributed by atoms with Gasteiger partial charge in [0.05, 0.1) is 23.7 Å². The number of hydrogen-bond donors (Lipinski definition) is 0. The van der Waals surface area contributed by atoms with E-state index >= 15 is 0 Å². The van der Waals surface area contributed by atoms with Crippen molar-refractivity contribution in [3.05, 3.63) is 33.9 Å². The topological polar surface area (TPSA) is 74.1 Å². The Labute approximate surface area is 128 Å². The molecule has 0 amide bonds. The monoisotopic (exact) mass is 306 g/mol. The highest BCUT2D eigenvalue weighted by atomic mass is 16.6. The molecule has 0 radical (unpaired) electrons. The van der Waals surface area contributed by atoms with Gasteiger partial charge < -0.3 is 14.2 Å². The van der Waals surface area contributed by atoms with E-state index in [2.05, 4.69) is 4.90 Å². The van der Waals surface area contributed by atoms with Crippen LogP contribution in [0.4, 0.5) is 5.69 Å². The highest BCUT2D eigenvalue weighted by Crippen LogP contribution is 2.39. The number of fused-ring (bicyclic) bond motifs is 1. The first-order valence-corrected chi connectivity index (χ1v) is 7.29. The van der Waals surface area contributed by atoms with Crippen LogP contribution in [0.3, 0.4) is 0 Å². The van der Waals surface area contributed by atoms with E-state index in [0.717, 1.165) is 32.8 Å². The smallest absolute Gasteiger partial charge is 0.311 e. The van der Waals surface area contributed by atoms with Gasteiger partial charge in [-0.1, -0.05) is 0 Å². The molecule has 22 heavy (non-hydrogen) atoms. The Kier molecular flexibility index (Phi) is 4.55. The lowest BCUT2D eigenvalue weighted by Crippen LogP contribution is -2.38. The van der Waals surface area contributed by atoms with Gasteiger partial charge in [0.25, 0.3) is 0 Å². The zero-order valence-electron chi connectivity index (χ0n) is 12.2. The summed E-state index contributed by atoms with van der Waals surface area (Å²) in [5.74, 6) is 0.904.